The summed E-state index contributed by atoms with van der Waals surface area (Å²) in [6.45, 7) is 10.2. The molecule has 1 saturated heterocycles. The van der Waals surface area contributed by atoms with E-state index in [-0.39, 0.29) is 11.3 Å². The van der Waals surface area contributed by atoms with Crippen molar-refractivity contribution in [1.29, 1.82) is 0 Å². The van der Waals surface area contributed by atoms with Crippen molar-refractivity contribution in [2.45, 2.75) is 33.3 Å². The molecule has 1 N–H and O–H groups in total. The van der Waals surface area contributed by atoms with Crippen molar-refractivity contribution < 1.29 is 9.90 Å². The van der Waals surface area contributed by atoms with Crippen molar-refractivity contribution in [3.05, 3.63) is 22.4 Å². The Labute approximate surface area is 131 Å². The number of piperazine rings is 1. The van der Waals surface area contributed by atoms with Gasteiger partial charge in [-0.15, -0.1) is 11.3 Å². The Balaban J connectivity index is 1.77. The van der Waals surface area contributed by atoms with Gasteiger partial charge in [0.05, 0.1) is 0 Å². The van der Waals surface area contributed by atoms with Gasteiger partial charge in [0.1, 0.15) is 6.10 Å². The number of aliphatic hydroxyl groups is 1. The number of β-amino-alcohol motifs (C(OH)–C–C–N with tert-alkyl or cyclic N) is 1. The lowest BCUT2D eigenvalue weighted by molar-refractivity contribution is -0.135. The van der Waals surface area contributed by atoms with E-state index in [1.165, 1.54) is 0 Å². The molecule has 0 bridgehead atoms. The maximum absolute atomic E-state index is 12.2. The number of aliphatic hydroxyl groups excluding tert-OH is 1. The third-order valence-electron chi connectivity index (χ3n) is 3.71. The highest BCUT2D eigenvalue weighted by atomic mass is 32.1. The average molecular weight is 310 g/mol. The van der Waals surface area contributed by atoms with Crippen molar-refractivity contribution in [3.63, 3.8) is 0 Å². The molecule has 1 atom stereocenters. The standard InChI is InChI=1S/C16H26N2O2S/c1-16(2,3)11-15(20)18-8-6-17(7-9-18)12-13(19)14-5-4-10-21-14/h4-5,10,13,19H,6-9,11-12H2,1-3H3. The topological polar surface area (TPSA) is 43.8 Å². The van der Waals surface area contributed by atoms with Crippen LogP contribution in [0.3, 0.4) is 0 Å². The Morgan fingerprint density at radius 1 is 1.33 bits per heavy atom. The van der Waals surface area contributed by atoms with E-state index >= 15 is 0 Å². The van der Waals surface area contributed by atoms with Crippen LogP contribution in [0.4, 0.5) is 0 Å². The Bertz CT molecular complexity index is 445. The van der Waals surface area contributed by atoms with E-state index < -0.39 is 6.10 Å². The molecule has 2 heterocycles. The lowest BCUT2D eigenvalue weighted by Gasteiger charge is -2.36. The second kappa shape index (κ2) is 6.90. The summed E-state index contributed by atoms with van der Waals surface area (Å²) in [6, 6.07) is 3.94. The van der Waals surface area contributed by atoms with Gasteiger partial charge >= 0.3 is 0 Å². The molecule has 4 nitrogen and oxygen atoms in total. The average Bonchev–Trinajstić information content (AvgIpc) is 2.91. The second-order valence-corrected chi connectivity index (χ2v) is 7.93. The van der Waals surface area contributed by atoms with Gasteiger partial charge in [-0.2, -0.15) is 0 Å². The molecule has 5 heteroatoms. The van der Waals surface area contributed by atoms with E-state index in [0.717, 1.165) is 31.1 Å². The number of carbonyl (C=O) groups excluding carboxylic acids is 1. The van der Waals surface area contributed by atoms with Crippen molar-refractivity contribution in [1.82, 2.24) is 9.80 Å². The minimum Gasteiger partial charge on any atom is -0.386 e. The first kappa shape index (κ1) is 16.5. The summed E-state index contributed by atoms with van der Waals surface area (Å²) in [4.78, 5) is 17.4. The zero-order valence-electron chi connectivity index (χ0n) is 13.2. The fourth-order valence-corrected chi connectivity index (χ4v) is 3.26. The molecule has 118 valence electrons. The summed E-state index contributed by atoms with van der Waals surface area (Å²) >= 11 is 1.59. The van der Waals surface area contributed by atoms with Crippen LogP contribution in [0.25, 0.3) is 0 Å². The first-order chi connectivity index (χ1) is 9.85. The van der Waals surface area contributed by atoms with Gasteiger partial charge in [0.15, 0.2) is 0 Å². The summed E-state index contributed by atoms with van der Waals surface area (Å²) in [5.74, 6) is 0.251. The van der Waals surface area contributed by atoms with Gasteiger partial charge in [0.2, 0.25) is 5.91 Å². The van der Waals surface area contributed by atoms with E-state index in [1.807, 2.05) is 22.4 Å². The van der Waals surface area contributed by atoms with Crippen molar-refractivity contribution in [3.8, 4) is 0 Å². The molecule has 1 aliphatic rings. The van der Waals surface area contributed by atoms with E-state index in [4.69, 9.17) is 0 Å². The first-order valence-corrected chi connectivity index (χ1v) is 8.45. The maximum atomic E-state index is 12.2. The molecule has 0 radical (unpaired) electrons. The van der Waals surface area contributed by atoms with Crippen LogP contribution in [0.15, 0.2) is 17.5 Å². The van der Waals surface area contributed by atoms with Crippen LogP contribution in [-0.2, 0) is 4.79 Å². The molecule has 1 aromatic heterocycles. The molecule has 0 aliphatic carbocycles. The zero-order valence-corrected chi connectivity index (χ0v) is 14.0. The summed E-state index contributed by atoms with van der Waals surface area (Å²) < 4.78 is 0. The summed E-state index contributed by atoms with van der Waals surface area (Å²) in [7, 11) is 0. The lowest BCUT2D eigenvalue weighted by Crippen LogP contribution is -2.50. The Hall–Kier alpha value is -0.910. The van der Waals surface area contributed by atoms with Gasteiger partial charge in [-0.1, -0.05) is 26.8 Å². The fourth-order valence-electron chi connectivity index (χ4n) is 2.56. The van der Waals surface area contributed by atoms with Crippen LogP contribution in [0, 0.1) is 5.41 Å². The fraction of sp³-hybridized carbons (Fsp3) is 0.688. The molecule has 1 amide bonds. The van der Waals surface area contributed by atoms with E-state index in [1.54, 1.807) is 11.3 Å². The SMILES string of the molecule is CC(C)(C)CC(=O)N1CCN(CC(O)c2cccs2)CC1. The van der Waals surface area contributed by atoms with E-state index in [2.05, 4.69) is 25.7 Å². The minimum atomic E-state index is -0.415. The van der Waals surface area contributed by atoms with Crippen molar-refractivity contribution in [2.75, 3.05) is 32.7 Å². The van der Waals surface area contributed by atoms with Gasteiger partial charge in [-0.3, -0.25) is 9.69 Å². The highest BCUT2D eigenvalue weighted by molar-refractivity contribution is 7.10. The number of nitrogens with zero attached hydrogens (tertiary/aromatic N) is 2. The molecule has 21 heavy (non-hydrogen) atoms. The lowest BCUT2D eigenvalue weighted by atomic mass is 9.91. The number of thiophene rings is 1. The number of hydrogen-bond acceptors (Lipinski definition) is 4. The Morgan fingerprint density at radius 2 is 2.00 bits per heavy atom. The number of carbonyl (C=O) groups is 1. The normalized spacial score (nSPS) is 18.8. The summed E-state index contributed by atoms with van der Waals surface area (Å²) in [5, 5.41) is 12.2. The zero-order chi connectivity index (χ0) is 15.5. The van der Waals surface area contributed by atoms with Crippen LogP contribution in [0.2, 0.25) is 0 Å². The highest BCUT2D eigenvalue weighted by Crippen LogP contribution is 2.22. The van der Waals surface area contributed by atoms with E-state index in [9.17, 15) is 9.90 Å². The highest BCUT2D eigenvalue weighted by Gasteiger charge is 2.25. The molecule has 1 aliphatic heterocycles. The first-order valence-electron chi connectivity index (χ1n) is 7.57. The van der Waals surface area contributed by atoms with Crippen molar-refractivity contribution in [2.24, 2.45) is 5.41 Å². The van der Waals surface area contributed by atoms with Crippen LogP contribution in [0.5, 0.6) is 0 Å². The van der Waals surface area contributed by atoms with Crippen LogP contribution >= 0.6 is 11.3 Å². The van der Waals surface area contributed by atoms with E-state index in [0.29, 0.717) is 13.0 Å². The maximum Gasteiger partial charge on any atom is 0.223 e. The molecular formula is C16H26N2O2S. The predicted molar refractivity (Wildman–Crippen MR) is 86.4 cm³/mol. The number of hydrogen-bond donors (Lipinski definition) is 1. The summed E-state index contributed by atoms with van der Waals surface area (Å²) in [6.07, 6.45) is 0.187. The third-order valence-corrected chi connectivity index (χ3v) is 4.68. The minimum absolute atomic E-state index is 0.0452. The van der Waals surface area contributed by atoms with Gasteiger partial charge in [-0.25, -0.2) is 0 Å². The van der Waals surface area contributed by atoms with Crippen LogP contribution < -0.4 is 0 Å². The largest absolute Gasteiger partial charge is 0.386 e. The number of amides is 1. The van der Waals surface area contributed by atoms with Gasteiger partial charge in [-0.05, 0) is 16.9 Å². The van der Waals surface area contributed by atoms with Crippen LogP contribution in [0.1, 0.15) is 38.2 Å². The molecule has 1 fully saturated rings. The van der Waals surface area contributed by atoms with Crippen molar-refractivity contribution >= 4 is 17.2 Å². The molecule has 0 saturated carbocycles. The smallest absolute Gasteiger partial charge is 0.223 e. The second-order valence-electron chi connectivity index (χ2n) is 6.95. The molecule has 2 rings (SSSR count). The monoisotopic (exact) mass is 310 g/mol. The number of rotatable bonds is 4. The molecule has 0 aromatic carbocycles. The van der Waals surface area contributed by atoms with Gasteiger partial charge < -0.3 is 10.0 Å². The molecular weight excluding hydrogens is 284 g/mol. The molecule has 1 aromatic rings. The third kappa shape index (κ3) is 5.09. The van der Waals surface area contributed by atoms with Crippen LogP contribution in [-0.4, -0.2) is 53.5 Å². The van der Waals surface area contributed by atoms with Gasteiger partial charge in [0, 0.05) is 44.0 Å². The molecule has 1 unspecified atom stereocenters. The summed E-state index contributed by atoms with van der Waals surface area (Å²) in [5.41, 5.74) is 0.0452. The molecule has 0 spiro atoms. The Morgan fingerprint density at radius 3 is 2.52 bits per heavy atom. The Kier molecular flexibility index (Phi) is 5.41. The predicted octanol–water partition coefficient (Wildman–Crippen LogP) is 2.36. The quantitative estimate of drug-likeness (QED) is 0.928. The van der Waals surface area contributed by atoms with Gasteiger partial charge in [0.25, 0.3) is 0 Å².